The number of anilines is 1. The molecule has 0 fully saturated rings. The summed E-state index contributed by atoms with van der Waals surface area (Å²) in [6.45, 7) is 0.325. The fourth-order valence-electron chi connectivity index (χ4n) is 4.03. The number of fused-ring (bicyclic) bond motifs is 4. The van der Waals surface area contributed by atoms with Gasteiger partial charge in [0.15, 0.2) is 6.10 Å². The minimum atomic E-state index is -0.394. The number of carbonyl (C=O) groups excluding carboxylic acids is 2. The number of carbonyl (C=O) groups is 2. The van der Waals surface area contributed by atoms with Gasteiger partial charge in [-0.3, -0.25) is 9.59 Å². The van der Waals surface area contributed by atoms with Gasteiger partial charge in [0.1, 0.15) is 0 Å². The van der Waals surface area contributed by atoms with Crippen LogP contribution >= 0.6 is 11.8 Å². The second-order valence-corrected chi connectivity index (χ2v) is 8.11. The zero-order chi connectivity index (χ0) is 19.8. The fraction of sp³-hybridized carbons (Fsp3) is 0.167. The molecule has 144 valence electrons. The molecule has 0 spiro atoms. The van der Waals surface area contributed by atoms with Crippen molar-refractivity contribution in [3.05, 3.63) is 83.9 Å². The summed E-state index contributed by atoms with van der Waals surface area (Å²) >= 11 is 1.54. The Balaban J connectivity index is 1.33. The third-order valence-corrected chi connectivity index (χ3v) is 6.42. The largest absolute Gasteiger partial charge is 0.452 e. The summed E-state index contributed by atoms with van der Waals surface area (Å²) in [6.07, 6.45) is -0.235. The highest BCUT2D eigenvalue weighted by Gasteiger charge is 2.31. The molecule has 0 radical (unpaired) electrons. The van der Waals surface area contributed by atoms with E-state index in [1.807, 2.05) is 60.7 Å². The van der Waals surface area contributed by atoms with Crippen molar-refractivity contribution < 1.29 is 14.3 Å². The smallest absolute Gasteiger partial charge is 0.308 e. The molecule has 1 heterocycles. The van der Waals surface area contributed by atoms with E-state index >= 15 is 0 Å². The number of hydrogen-bond donors (Lipinski definition) is 0. The fourth-order valence-corrected chi connectivity index (χ4v) is 4.96. The maximum absolute atomic E-state index is 12.7. The predicted octanol–water partition coefficient (Wildman–Crippen LogP) is 4.83. The molecule has 0 saturated carbocycles. The highest BCUT2D eigenvalue weighted by molar-refractivity contribution is 8.00. The number of hydrogen-bond acceptors (Lipinski definition) is 4. The van der Waals surface area contributed by atoms with E-state index in [2.05, 4.69) is 12.1 Å². The minimum Gasteiger partial charge on any atom is -0.452 e. The highest BCUT2D eigenvalue weighted by Crippen LogP contribution is 2.45. The van der Waals surface area contributed by atoms with Crippen LogP contribution < -0.4 is 4.90 Å². The van der Waals surface area contributed by atoms with Gasteiger partial charge >= 0.3 is 5.97 Å². The molecule has 2 aliphatic rings. The number of rotatable bonds is 4. The van der Waals surface area contributed by atoms with Crippen LogP contribution in [0, 0.1) is 0 Å². The first kappa shape index (κ1) is 18.0. The highest BCUT2D eigenvalue weighted by atomic mass is 32.2. The van der Waals surface area contributed by atoms with Crippen molar-refractivity contribution in [3.8, 4) is 11.1 Å². The number of para-hydroxylation sites is 1. The van der Waals surface area contributed by atoms with Gasteiger partial charge in [0.2, 0.25) is 5.91 Å². The predicted molar refractivity (Wildman–Crippen MR) is 114 cm³/mol. The second kappa shape index (κ2) is 7.41. The van der Waals surface area contributed by atoms with E-state index < -0.39 is 6.10 Å². The van der Waals surface area contributed by atoms with Crippen LogP contribution in [0.15, 0.2) is 77.7 Å². The van der Waals surface area contributed by atoms with E-state index in [0.717, 1.165) is 32.8 Å². The average Bonchev–Trinajstić information content (AvgIpc) is 3.07. The summed E-state index contributed by atoms with van der Waals surface area (Å²) in [5, 5.41) is 0. The van der Waals surface area contributed by atoms with Gasteiger partial charge in [-0.15, -0.1) is 11.8 Å². The standard InChI is InChI=1S/C24H19NO3S/c26-22-15-29-21-12-6-5-11-20(21)25(22)14-13-23(27)28-24-18-9-3-1-7-16(18)17-8-2-4-10-19(17)24/h1-12,24H,13-15H2. The molecule has 3 aromatic rings. The number of nitrogens with zero attached hydrogens (tertiary/aromatic N) is 1. The normalized spacial score (nSPS) is 14.9. The molecule has 0 bridgehead atoms. The van der Waals surface area contributed by atoms with Gasteiger partial charge in [0, 0.05) is 22.6 Å². The van der Waals surface area contributed by atoms with Crippen molar-refractivity contribution >= 4 is 29.3 Å². The third kappa shape index (κ3) is 3.21. The van der Waals surface area contributed by atoms with Crippen molar-refractivity contribution in [1.29, 1.82) is 0 Å². The lowest BCUT2D eigenvalue weighted by Gasteiger charge is -2.28. The maximum atomic E-state index is 12.7. The van der Waals surface area contributed by atoms with Crippen LogP contribution in [-0.2, 0) is 14.3 Å². The Morgan fingerprint density at radius 1 is 0.931 bits per heavy atom. The van der Waals surface area contributed by atoms with E-state index in [1.165, 1.54) is 11.8 Å². The number of thioether (sulfide) groups is 1. The second-order valence-electron chi connectivity index (χ2n) is 7.10. The number of esters is 1. The van der Waals surface area contributed by atoms with Crippen LogP contribution in [0.25, 0.3) is 11.1 Å². The molecule has 1 aliphatic heterocycles. The van der Waals surface area contributed by atoms with Crippen LogP contribution in [0.1, 0.15) is 23.7 Å². The zero-order valence-corrected chi connectivity index (χ0v) is 16.5. The number of benzene rings is 3. The lowest BCUT2D eigenvalue weighted by molar-refractivity contribution is -0.147. The van der Waals surface area contributed by atoms with Crippen LogP contribution in [0.5, 0.6) is 0 Å². The van der Waals surface area contributed by atoms with E-state index in [0.29, 0.717) is 12.3 Å². The van der Waals surface area contributed by atoms with Gasteiger partial charge in [0.25, 0.3) is 0 Å². The molecule has 1 amide bonds. The van der Waals surface area contributed by atoms with E-state index in [-0.39, 0.29) is 18.3 Å². The van der Waals surface area contributed by atoms with Crippen molar-refractivity contribution in [2.45, 2.75) is 17.4 Å². The molecular weight excluding hydrogens is 382 g/mol. The summed E-state index contributed by atoms with van der Waals surface area (Å²) < 4.78 is 5.90. The molecule has 0 N–H and O–H groups in total. The SMILES string of the molecule is O=C(CCN1C(=O)CSc2ccccc21)OC1c2ccccc2-c2ccccc21. The van der Waals surface area contributed by atoms with Crippen molar-refractivity contribution in [1.82, 2.24) is 0 Å². The first-order chi connectivity index (χ1) is 14.2. The van der Waals surface area contributed by atoms with Gasteiger partial charge in [-0.05, 0) is 23.3 Å². The quantitative estimate of drug-likeness (QED) is 0.588. The van der Waals surface area contributed by atoms with Crippen LogP contribution in [0.3, 0.4) is 0 Å². The topological polar surface area (TPSA) is 46.6 Å². The summed E-state index contributed by atoms with van der Waals surface area (Å²) in [7, 11) is 0. The van der Waals surface area contributed by atoms with Crippen molar-refractivity contribution in [2.24, 2.45) is 0 Å². The van der Waals surface area contributed by atoms with Crippen LogP contribution in [-0.4, -0.2) is 24.2 Å². The van der Waals surface area contributed by atoms with Crippen LogP contribution in [0.4, 0.5) is 5.69 Å². The molecule has 0 saturated heterocycles. The molecule has 5 heteroatoms. The maximum Gasteiger partial charge on any atom is 0.308 e. The molecule has 29 heavy (non-hydrogen) atoms. The minimum absolute atomic E-state index is 0.0260. The Morgan fingerprint density at radius 3 is 2.28 bits per heavy atom. The first-order valence-corrected chi connectivity index (χ1v) is 10.6. The Morgan fingerprint density at radius 2 is 1.55 bits per heavy atom. The molecule has 0 unspecified atom stereocenters. The Hall–Kier alpha value is -3.05. The average molecular weight is 401 g/mol. The number of ether oxygens (including phenoxy) is 1. The molecule has 5 rings (SSSR count). The first-order valence-electron chi connectivity index (χ1n) is 9.62. The molecule has 0 aromatic heterocycles. The van der Waals surface area contributed by atoms with E-state index in [4.69, 9.17) is 4.74 Å². The van der Waals surface area contributed by atoms with Gasteiger partial charge in [-0.25, -0.2) is 0 Å². The van der Waals surface area contributed by atoms with Gasteiger partial charge in [-0.1, -0.05) is 60.7 Å². The van der Waals surface area contributed by atoms with Crippen LogP contribution in [0.2, 0.25) is 0 Å². The lowest BCUT2D eigenvalue weighted by atomic mass is 10.1. The molecular formula is C24H19NO3S. The van der Waals surface area contributed by atoms with E-state index in [9.17, 15) is 9.59 Å². The Kier molecular flexibility index (Phi) is 4.60. The zero-order valence-electron chi connectivity index (χ0n) is 15.7. The van der Waals surface area contributed by atoms with Crippen molar-refractivity contribution in [3.63, 3.8) is 0 Å². The number of amides is 1. The molecule has 0 atom stereocenters. The summed E-state index contributed by atoms with van der Waals surface area (Å²) in [4.78, 5) is 27.9. The summed E-state index contributed by atoms with van der Waals surface area (Å²) in [6, 6.07) is 23.9. The van der Waals surface area contributed by atoms with Crippen molar-refractivity contribution in [2.75, 3.05) is 17.2 Å². The third-order valence-electron chi connectivity index (χ3n) is 5.37. The monoisotopic (exact) mass is 401 g/mol. The van der Waals surface area contributed by atoms with Gasteiger partial charge in [-0.2, -0.15) is 0 Å². The van der Waals surface area contributed by atoms with Gasteiger partial charge < -0.3 is 9.64 Å². The molecule has 4 nitrogen and oxygen atoms in total. The summed E-state index contributed by atoms with van der Waals surface area (Å²) in [5.41, 5.74) is 5.12. The molecule has 3 aromatic carbocycles. The summed E-state index contributed by atoms with van der Waals surface area (Å²) in [5.74, 6) is 0.123. The Labute approximate surface area is 173 Å². The lowest BCUT2D eigenvalue weighted by Crippen LogP contribution is -2.37. The Bertz CT molecular complexity index is 1070. The van der Waals surface area contributed by atoms with E-state index in [1.54, 1.807) is 4.90 Å². The van der Waals surface area contributed by atoms with Gasteiger partial charge in [0.05, 0.1) is 17.9 Å². The molecule has 1 aliphatic carbocycles.